The molecule has 1 atom stereocenters. The first-order valence-electron chi connectivity index (χ1n) is 14.4. The fraction of sp³-hybridized carbons (Fsp3) is 0.394. The van der Waals surface area contributed by atoms with Crippen molar-refractivity contribution in [2.75, 3.05) is 24.2 Å². The van der Waals surface area contributed by atoms with E-state index in [0.717, 1.165) is 58.5 Å². The molecule has 42 heavy (non-hydrogen) atoms. The van der Waals surface area contributed by atoms with E-state index in [0.29, 0.717) is 11.4 Å². The highest BCUT2D eigenvalue weighted by Crippen LogP contribution is 2.26. The molecule has 1 saturated carbocycles. The number of aryl methyl sites for hydroxylation is 2. The van der Waals surface area contributed by atoms with Gasteiger partial charge in [0, 0.05) is 19.0 Å². The van der Waals surface area contributed by atoms with Gasteiger partial charge in [-0.25, -0.2) is 8.42 Å². The molecule has 0 aliphatic heterocycles. The van der Waals surface area contributed by atoms with Crippen molar-refractivity contribution >= 4 is 27.5 Å². The zero-order chi connectivity index (χ0) is 30.3. The number of nitrogens with zero attached hydrogens (tertiary/aromatic N) is 2. The second-order valence-corrected chi connectivity index (χ2v) is 13.0. The third-order valence-corrected chi connectivity index (χ3v) is 8.90. The minimum Gasteiger partial charge on any atom is -0.497 e. The number of nitrogens with one attached hydrogen (secondary N) is 1. The maximum atomic E-state index is 14.3. The Labute approximate surface area is 249 Å². The van der Waals surface area contributed by atoms with E-state index in [1.165, 1.54) is 4.90 Å². The Morgan fingerprint density at radius 3 is 2.31 bits per heavy atom. The zero-order valence-electron chi connectivity index (χ0n) is 24.9. The lowest BCUT2D eigenvalue weighted by molar-refractivity contribution is -0.140. The van der Waals surface area contributed by atoms with Gasteiger partial charge in [0.2, 0.25) is 21.8 Å². The van der Waals surface area contributed by atoms with Crippen LogP contribution in [-0.4, -0.2) is 57.1 Å². The lowest BCUT2D eigenvalue weighted by Gasteiger charge is -2.34. The van der Waals surface area contributed by atoms with Crippen molar-refractivity contribution in [3.8, 4) is 5.75 Å². The molecule has 3 aromatic carbocycles. The predicted molar refractivity (Wildman–Crippen MR) is 166 cm³/mol. The van der Waals surface area contributed by atoms with Crippen LogP contribution in [-0.2, 0) is 32.6 Å². The third-order valence-electron chi connectivity index (χ3n) is 7.77. The fourth-order valence-corrected chi connectivity index (χ4v) is 6.37. The number of methoxy groups -OCH3 is 1. The summed E-state index contributed by atoms with van der Waals surface area (Å²) in [6.45, 7) is 3.37. The highest BCUT2D eigenvalue weighted by molar-refractivity contribution is 7.92. The highest BCUT2D eigenvalue weighted by Gasteiger charge is 2.34. The van der Waals surface area contributed by atoms with Gasteiger partial charge in [-0.1, -0.05) is 67.4 Å². The monoisotopic (exact) mass is 591 g/mol. The zero-order valence-corrected chi connectivity index (χ0v) is 25.7. The van der Waals surface area contributed by atoms with Crippen molar-refractivity contribution in [2.24, 2.45) is 0 Å². The molecule has 8 nitrogen and oxygen atoms in total. The number of anilines is 1. The molecule has 0 bridgehead atoms. The first-order valence-corrected chi connectivity index (χ1v) is 16.2. The van der Waals surface area contributed by atoms with E-state index in [-0.39, 0.29) is 24.9 Å². The van der Waals surface area contributed by atoms with Gasteiger partial charge in [0.15, 0.2) is 0 Å². The average Bonchev–Trinajstić information content (AvgIpc) is 3.48. The van der Waals surface area contributed by atoms with Crippen molar-refractivity contribution in [2.45, 2.75) is 64.6 Å². The molecule has 0 heterocycles. The molecule has 9 heteroatoms. The summed E-state index contributed by atoms with van der Waals surface area (Å²) >= 11 is 0. The number of hydrogen-bond donors (Lipinski definition) is 1. The van der Waals surface area contributed by atoms with Crippen molar-refractivity contribution in [1.82, 2.24) is 10.2 Å². The molecule has 1 aliphatic carbocycles. The summed E-state index contributed by atoms with van der Waals surface area (Å²) in [6, 6.07) is 21.6. The second kappa shape index (κ2) is 13.9. The quantitative estimate of drug-likeness (QED) is 0.327. The summed E-state index contributed by atoms with van der Waals surface area (Å²) < 4.78 is 32.7. The molecular weight excluding hydrogens is 550 g/mol. The van der Waals surface area contributed by atoms with Crippen LogP contribution < -0.4 is 14.4 Å². The molecule has 1 N–H and O–H groups in total. The van der Waals surface area contributed by atoms with Gasteiger partial charge in [-0.2, -0.15) is 0 Å². The van der Waals surface area contributed by atoms with Crippen LogP contribution in [0.2, 0.25) is 0 Å². The van der Waals surface area contributed by atoms with E-state index < -0.39 is 28.5 Å². The standard InChI is InChI=1S/C33H41N3O5S/c1-24-17-18-25(2)30(19-24)36(42(4,39)40)23-32(37)35(22-27-13-10-16-29(20-27)41-3)31(21-26-11-6-5-7-12-26)33(38)34-28-14-8-9-15-28/h5-7,10-13,16-20,28,31H,8-9,14-15,21-23H2,1-4H3,(H,34,38). The van der Waals surface area contributed by atoms with Crippen LogP contribution in [0.4, 0.5) is 5.69 Å². The van der Waals surface area contributed by atoms with Gasteiger partial charge in [0.25, 0.3) is 0 Å². The smallest absolute Gasteiger partial charge is 0.244 e. The molecule has 2 amide bonds. The van der Waals surface area contributed by atoms with Crippen molar-refractivity contribution in [1.29, 1.82) is 0 Å². The van der Waals surface area contributed by atoms with Crippen LogP contribution >= 0.6 is 0 Å². The van der Waals surface area contributed by atoms with Crippen LogP contribution in [0.3, 0.4) is 0 Å². The molecule has 1 aliphatic rings. The Balaban J connectivity index is 1.75. The molecule has 4 rings (SSSR count). The lowest BCUT2D eigenvalue weighted by atomic mass is 10.0. The van der Waals surface area contributed by atoms with E-state index >= 15 is 0 Å². The number of ether oxygens (including phenoxy) is 1. The van der Waals surface area contributed by atoms with Crippen molar-refractivity contribution < 1.29 is 22.7 Å². The van der Waals surface area contributed by atoms with Gasteiger partial charge in [-0.05, 0) is 67.1 Å². The first kappa shape index (κ1) is 31.1. The summed E-state index contributed by atoms with van der Waals surface area (Å²) in [5.74, 6) is -0.0747. The number of benzene rings is 3. The Morgan fingerprint density at radius 2 is 1.64 bits per heavy atom. The minimum absolute atomic E-state index is 0.0620. The Hall–Kier alpha value is -3.85. The molecule has 1 unspecified atom stereocenters. The molecular formula is C33H41N3O5S. The molecule has 0 aromatic heterocycles. The van der Waals surface area contributed by atoms with Gasteiger partial charge in [-0.15, -0.1) is 0 Å². The largest absolute Gasteiger partial charge is 0.497 e. The van der Waals surface area contributed by atoms with Crippen LogP contribution in [0.15, 0.2) is 72.8 Å². The van der Waals surface area contributed by atoms with Crippen LogP contribution in [0.25, 0.3) is 0 Å². The van der Waals surface area contributed by atoms with Crippen LogP contribution in [0.5, 0.6) is 5.75 Å². The number of amides is 2. The lowest BCUT2D eigenvalue weighted by Crippen LogP contribution is -2.54. The summed E-state index contributed by atoms with van der Waals surface area (Å²) in [4.78, 5) is 29.8. The van der Waals surface area contributed by atoms with Gasteiger partial charge in [-0.3, -0.25) is 13.9 Å². The SMILES string of the molecule is COc1cccc(CN(C(=O)CN(c2cc(C)ccc2C)S(C)(=O)=O)C(Cc2ccccc2)C(=O)NC2CCCC2)c1. The number of rotatable bonds is 12. The van der Waals surface area contributed by atoms with E-state index in [1.54, 1.807) is 13.2 Å². The summed E-state index contributed by atoms with van der Waals surface area (Å²) in [6.07, 6.45) is 5.31. The molecule has 0 spiro atoms. The Morgan fingerprint density at radius 1 is 0.952 bits per heavy atom. The molecule has 0 saturated heterocycles. The van der Waals surface area contributed by atoms with Gasteiger partial charge in [0.05, 0.1) is 19.1 Å². The molecule has 1 fully saturated rings. The van der Waals surface area contributed by atoms with Crippen LogP contribution in [0, 0.1) is 13.8 Å². The third kappa shape index (κ3) is 8.12. The van der Waals surface area contributed by atoms with E-state index in [2.05, 4.69) is 5.32 Å². The summed E-state index contributed by atoms with van der Waals surface area (Å²) in [7, 11) is -2.25. The summed E-state index contributed by atoms with van der Waals surface area (Å²) in [5, 5.41) is 3.19. The predicted octanol–water partition coefficient (Wildman–Crippen LogP) is 4.78. The number of carbonyl (C=O) groups excluding carboxylic acids is 2. The highest BCUT2D eigenvalue weighted by atomic mass is 32.2. The van der Waals surface area contributed by atoms with Crippen molar-refractivity contribution in [3.63, 3.8) is 0 Å². The Kier molecular flexibility index (Phi) is 10.3. The number of hydrogen-bond acceptors (Lipinski definition) is 5. The maximum absolute atomic E-state index is 14.3. The second-order valence-electron chi connectivity index (χ2n) is 11.1. The Bertz CT molecular complexity index is 1490. The van der Waals surface area contributed by atoms with Crippen LogP contribution in [0.1, 0.15) is 47.9 Å². The van der Waals surface area contributed by atoms with Gasteiger partial charge < -0.3 is 15.0 Å². The maximum Gasteiger partial charge on any atom is 0.244 e. The molecule has 224 valence electrons. The molecule has 0 radical (unpaired) electrons. The van der Waals surface area contributed by atoms with E-state index in [9.17, 15) is 18.0 Å². The normalized spacial score (nSPS) is 14.3. The van der Waals surface area contributed by atoms with E-state index in [4.69, 9.17) is 4.74 Å². The first-order chi connectivity index (χ1) is 20.0. The van der Waals surface area contributed by atoms with Gasteiger partial charge >= 0.3 is 0 Å². The minimum atomic E-state index is -3.83. The number of carbonyl (C=O) groups is 2. The average molecular weight is 592 g/mol. The summed E-state index contributed by atoms with van der Waals surface area (Å²) in [5.41, 5.74) is 3.73. The molecule has 3 aromatic rings. The fourth-order valence-electron chi connectivity index (χ4n) is 5.47. The van der Waals surface area contributed by atoms with Gasteiger partial charge in [0.1, 0.15) is 18.3 Å². The van der Waals surface area contributed by atoms with E-state index in [1.807, 2.05) is 80.6 Å². The topological polar surface area (TPSA) is 96.0 Å². The van der Waals surface area contributed by atoms with Crippen molar-refractivity contribution in [3.05, 3.63) is 95.1 Å². The number of sulfonamides is 1.